The van der Waals surface area contributed by atoms with Gasteiger partial charge in [-0.25, -0.2) is 13.1 Å². The molecule has 2 saturated heterocycles. The van der Waals surface area contributed by atoms with Gasteiger partial charge in [-0.3, -0.25) is 9.59 Å². The van der Waals surface area contributed by atoms with Crippen LogP contribution in [0.1, 0.15) is 46.5 Å². The third-order valence-electron chi connectivity index (χ3n) is 5.42. The third kappa shape index (κ3) is 4.39. The molecule has 2 aromatic heterocycles. The van der Waals surface area contributed by atoms with Crippen molar-refractivity contribution >= 4 is 33.2 Å². The highest BCUT2D eigenvalue weighted by Gasteiger charge is 2.28. The molecule has 0 aromatic carbocycles. The Morgan fingerprint density at radius 3 is 2.41 bits per heavy atom. The first-order valence-electron chi connectivity index (χ1n) is 9.77. The number of likely N-dealkylation sites (tertiary alicyclic amines) is 2. The minimum Gasteiger partial charge on any atom is -0.356 e. The molecule has 0 bridgehead atoms. The van der Waals surface area contributed by atoms with Gasteiger partial charge in [-0.15, -0.1) is 11.3 Å². The first-order chi connectivity index (χ1) is 13.9. The monoisotopic (exact) mass is 436 g/mol. The van der Waals surface area contributed by atoms with Crippen LogP contribution in [0.3, 0.4) is 0 Å². The lowest BCUT2D eigenvalue weighted by Gasteiger charge is -2.32. The van der Waals surface area contributed by atoms with Gasteiger partial charge in [0, 0.05) is 38.4 Å². The summed E-state index contributed by atoms with van der Waals surface area (Å²) in [6.07, 6.45) is 4.73. The Bertz CT molecular complexity index is 970. The number of carbonyl (C=O) groups excluding carboxylic acids is 2. The zero-order valence-electron chi connectivity index (χ0n) is 16.0. The maximum absolute atomic E-state index is 12.8. The van der Waals surface area contributed by atoms with Gasteiger partial charge in [0.25, 0.3) is 11.8 Å². The number of sulfonamides is 1. The Morgan fingerprint density at radius 1 is 1.07 bits per heavy atom. The smallest absolute Gasteiger partial charge is 0.270 e. The Kier molecular flexibility index (Phi) is 5.75. The molecule has 0 aliphatic carbocycles. The summed E-state index contributed by atoms with van der Waals surface area (Å²) < 4.78 is 27.7. The van der Waals surface area contributed by atoms with Gasteiger partial charge in [0.15, 0.2) is 0 Å². The molecule has 4 heterocycles. The molecule has 2 amide bonds. The lowest BCUT2D eigenvalue weighted by atomic mass is 10.1. The fraction of sp³-hybridized carbons (Fsp3) is 0.474. The van der Waals surface area contributed by atoms with Crippen molar-refractivity contribution in [2.45, 2.75) is 35.9 Å². The van der Waals surface area contributed by atoms with E-state index in [1.54, 1.807) is 39.6 Å². The summed E-state index contributed by atoms with van der Waals surface area (Å²) in [5.41, 5.74) is 0.902. The van der Waals surface area contributed by atoms with Gasteiger partial charge in [-0.1, -0.05) is 6.07 Å². The molecule has 29 heavy (non-hydrogen) atoms. The zero-order valence-corrected chi connectivity index (χ0v) is 17.6. The summed E-state index contributed by atoms with van der Waals surface area (Å²) in [5.74, 6) is -0.204. The molecule has 2 aliphatic heterocycles. The van der Waals surface area contributed by atoms with Gasteiger partial charge in [-0.05, 0) is 43.2 Å². The van der Waals surface area contributed by atoms with Crippen molar-refractivity contribution in [2.24, 2.45) is 0 Å². The number of aromatic nitrogens is 1. The number of H-pyrrole nitrogens is 1. The molecule has 2 aromatic rings. The van der Waals surface area contributed by atoms with E-state index >= 15 is 0 Å². The standard InChI is InChI=1S/C19H24N4O4S2/c24-18(14-12-16(20-13-14)19(25)22-7-1-2-8-22)23-9-5-15(6-10-23)21-29(26,27)17-4-3-11-28-17/h3-4,11-13,15,20-21H,1-2,5-10H2. The lowest BCUT2D eigenvalue weighted by Crippen LogP contribution is -2.46. The lowest BCUT2D eigenvalue weighted by molar-refractivity contribution is 0.0711. The Morgan fingerprint density at radius 2 is 1.76 bits per heavy atom. The van der Waals surface area contributed by atoms with E-state index in [0.717, 1.165) is 25.9 Å². The van der Waals surface area contributed by atoms with Crippen LogP contribution in [0.4, 0.5) is 0 Å². The topological polar surface area (TPSA) is 103 Å². The molecule has 0 saturated carbocycles. The molecule has 2 aliphatic rings. The number of nitrogens with zero attached hydrogens (tertiary/aromatic N) is 2. The van der Waals surface area contributed by atoms with Crippen LogP contribution in [0.25, 0.3) is 0 Å². The predicted molar refractivity (Wildman–Crippen MR) is 109 cm³/mol. The normalized spacial score (nSPS) is 18.3. The first-order valence-corrected chi connectivity index (χ1v) is 12.1. The van der Waals surface area contributed by atoms with Crippen LogP contribution in [0.5, 0.6) is 0 Å². The number of hydrogen-bond donors (Lipinski definition) is 2. The van der Waals surface area contributed by atoms with E-state index in [0.29, 0.717) is 41.4 Å². The predicted octanol–water partition coefficient (Wildman–Crippen LogP) is 1.90. The molecule has 2 fully saturated rings. The number of rotatable bonds is 5. The van der Waals surface area contributed by atoms with Crippen LogP contribution in [-0.4, -0.2) is 67.2 Å². The maximum Gasteiger partial charge on any atom is 0.270 e. The number of thiophene rings is 1. The van der Waals surface area contributed by atoms with Crippen molar-refractivity contribution in [1.29, 1.82) is 0 Å². The quantitative estimate of drug-likeness (QED) is 0.747. The summed E-state index contributed by atoms with van der Waals surface area (Å²) in [7, 11) is -3.50. The summed E-state index contributed by atoms with van der Waals surface area (Å²) in [5, 5.41) is 1.73. The van der Waals surface area contributed by atoms with Crippen molar-refractivity contribution in [3.63, 3.8) is 0 Å². The molecule has 0 atom stereocenters. The fourth-order valence-corrected chi connectivity index (χ4v) is 6.12. The average Bonchev–Trinajstić information content (AvgIpc) is 3.50. The van der Waals surface area contributed by atoms with Crippen molar-refractivity contribution in [3.05, 3.63) is 41.0 Å². The van der Waals surface area contributed by atoms with Crippen LogP contribution < -0.4 is 4.72 Å². The molecule has 0 spiro atoms. The second kappa shape index (κ2) is 8.29. The van der Waals surface area contributed by atoms with E-state index in [4.69, 9.17) is 0 Å². The van der Waals surface area contributed by atoms with Gasteiger partial charge in [-0.2, -0.15) is 0 Å². The van der Waals surface area contributed by atoms with Gasteiger partial charge >= 0.3 is 0 Å². The molecular formula is C19H24N4O4S2. The highest BCUT2D eigenvalue weighted by molar-refractivity contribution is 7.91. The Hall–Kier alpha value is -2.17. The fourth-order valence-electron chi connectivity index (χ4n) is 3.81. The molecule has 10 heteroatoms. The average molecular weight is 437 g/mol. The van der Waals surface area contributed by atoms with Crippen molar-refractivity contribution in [1.82, 2.24) is 19.5 Å². The van der Waals surface area contributed by atoms with Crippen molar-refractivity contribution in [3.8, 4) is 0 Å². The van der Waals surface area contributed by atoms with Crippen molar-refractivity contribution in [2.75, 3.05) is 26.2 Å². The number of aromatic amines is 1. The Labute approximate surface area is 173 Å². The van der Waals surface area contributed by atoms with Gasteiger partial charge in [0.1, 0.15) is 9.90 Å². The van der Waals surface area contributed by atoms with Crippen molar-refractivity contribution < 1.29 is 18.0 Å². The Balaban J connectivity index is 1.33. The van der Waals surface area contributed by atoms with E-state index in [1.807, 2.05) is 0 Å². The highest BCUT2D eigenvalue weighted by atomic mass is 32.2. The van der Waals surface area contributed by atoms with Gasteiger partial charge < -0.3 is 14.8 Å². The number of nitrogens with one attached hydrogen (secondary N) is 2. The summed E-state index contributed by atoms with van der Waals surface area (Å²) in [4.78, 5) is 31.7. The van der Waals surface area contributed by atoms with Crippen LogP contribution in [0, 0.1) is 0 Å². The number of amides is 2. The summed E-state index contributed by atoms with van der Waals surface area (Å²) in [6.45, 7) is 2.46. The molecule has 0 radical (unpaired) electrons. The van der Waals surface area contributed by atoms with E-state index in [9.17, 15) is 18.0 Å². The van der Waals surface area contributed by atoms with E-state index in [1.165, 1.54) is 11.3 Å². The van der Waals surface area contributed by atoms with Crippen LogP contribution in [-0.2, 0) is 10.0 Å². The first kappa shape index (κ1) is 20.1. The summed E-state index contributed by atoms with van der Waals surface area (Å²) >= 11 is 1.19. The maximum atomic E-state index is 12.8. The minimum atomic E-state index is -3.50. The zero-order chi connectivity index (χ0) is 20.4. The van der Waals surface area contributed by atoms with E-state index in [2.05, 4.69) is 9.71 Å². The molecule has 4 rings (SSSR count). The second-order valence-electron chi connectivity index (χ2n) is 7.42. The number of hydrogen-bond acceptors (Lipinski definition) is 5. The second-order valence-corrected chi connectivity index (χ2v) is 10.3. The molecular weight excluding hydrogens is 412 g/mol. The molecule has 156 valence electrons. The van der Waals surface area contributed by atoms with Crippen LogP contribution >= 0.6 is 11.3 Å². The van der Waals surface area contributed by atoms with Crippen LogP contribution in [0.2, 0.25) is 0 Å². The van der Waals surface area contributed by atoms with Gasteiger partial charge in [0.2, 0.25) is 10.0 Å². The van der Waals surface area contributed by atoms with E-state index < -0.39 is 10.0 Å². The molecule has 0 unspecified atom stereocenters. The highest BCUT2D eigenvalue weighted by Crippen LogP contribution is 2.20. The van der Waals surface area contributed by atoms with Gasteiger partial charge in [0.05, 0.1) is 5.56 Å². The SMILES string of the molecule is O=C(c1c[nH]c(C(=O)N2CCCC2)c1)N1CCC(NS(=O)(=O)c2cccs2)CC1. The molecule has 2 N–H and O–H groups in total. The number of piperidine rings is 1. The number of carbonyl (C=O) groups is 2. The van der Waals surface area contributed by atoms with Crippen LogP contribution in [0.15, 0.2) is 34.0 Å². The largest absolute Gasteiger partial charge is 0.356 e. The minimum absolute atomic E-state index is 0.0664. The van der Waals surface area contributed by atoms with E-state index in [-0.39, 0.29) is 17.9 Å². The third-order valence-corrected chi connectivity index (χ3v) is 8.34. The summed E-state index contributed by atoms with van der Waals surface area (Å²) in [6, 6.07) is 4.72. The molecule has 8 nitrogen and oxygen atoms in total.